The van der Waals surface area contributed by atoms with Crippen LogP contribution in [-0.2, 0) is 0 Å². The third-order valence-electron chi connectivity index (χ3n) is 4.50. The highest BCUT2D eigenvalue weighted by Gasteiger charge is 2.38. The molecule has 0 heterocycles. The van der Waals surface area contributed by atoms with Crippen molar-refractivity contribution in [1.29, 1.82) is 0 Å². The lowest BCUT2D eigenvalue weighted by molar-refractivity contribution is 0.0955. The lowest BCUT2D eigenvalue weighted by Crippen LogP contribution is -2.35. The molecule has 3 heteroatoms. The zero-order valence-electron chi connectivity index (χ0n) is 11.6. The van der Waals surface area contributed by atoms with Crippen molar-refractivity contribution in [2.45, 2.75) is 12.8 Å². The molecule has 104 valence electrons. The van der Waals surface area contributed by atoms with Crippen molar-refractivity contribution in [3.8, 4) is 0 Å². The highest BCUT2D eigenvalue weighted by Crippen LogP contribution is 2.40. The molecular weight excluding hydrogens is 260 g/mol. The van der Waals surface area contributed by atoms with E-state index in [9.17, 15) is 4.79 Å². The van der Waals surface area contributed by atoms with E-state index in [4.69, 9.17) is 0 Å². The third kappa shape index (κ3) is 2.05. The third-order valence-corrected chi connectivity index (χ3v) is 4.50. The SMILES string of the molecule is O=C(N/N=C1/CC2C=CCC12)c1cccc2ccccc12. The average Bonchev–Trinajstić information content (AvgIpc) is 2.88. The number of hydrogen-bond acceptors (Lipinski definition) is 2. The summed E-state index contributed by atoms with van der Waals surface area (Å²) < 4.78 is 0. The molecule has 0 spiro atoms. The van der Waals surface area contributed by atoms with Gasteiger partial charge in [-0.3, -0.25) is 4.79 Å². The van der Waals surface area contributed by atoms with Crippen LogP contribution in [0.25, 0.3) is 10.8 Å². The molecule has 0 radical (unpaired) electrons. The van der Waals surface area contributed by atoms with E-state index >= 15 is 0 Å². The van der Waals surface area contributed by atoms with Gasteiger partial charge in [-0.2, -0.15) is 5.10 Å². The Kier molecular flexibility index (Phi) is 2.85. The van der Waals surface area contributed by atoms with Crippen molar-refractivity contribution in [2.24, 2.45) is 16.9 Å². The van der Waals surface area contributed by atoms with E-state index in [0.29, 0.717) is 17.4 Å². The zero-order valence-corrected chi connectivity index (χ0v) is 11.6. The maximum atomic E-state index is 12.4. The second-order valence-electron chi connectivity index (χ2n) is 5.71. The Hall–Kier alpha value is -2.42. The molecule has 2 aliphatic carbocycles. The maximum Gasteiger partial charge on any atom is 0.271 e. The fourth-order valence-electron chi connectivity index (χ4n) is 3.27. The molecule has 3 nitrogen and oxygen atoms in total. The molecule has 2 aliphatic rings. The lowest BCUT2D eigenvalue weighted by Gasteiger charge is -2.31. The van der Waals surface area contributed by atoms with Crippen LogP contribution in [0, 0.1) is 11.8 Å². The van der Waals surface area contributed by atoms with Crippen molar-refractivity contribution in [3.05, 3.63) is 60.2 Å². The van der Waals surface area contributed by atoms with E-state index in [-0.39, 0.29) is 5.91 Å². The number of hydrogen-bond donors (Lipinski definition) is 1. The van der Waals surface area contributed by atoms with E-state index in [1.54, 1.807) is 0 Å². The average molecular weight is 276 g/mol. The van der Waals surface area contributed by atoms with Gasteiger partial charge in [0.15, 0.2) is 0 Å². The number of nitrogens with one attached hydrogen (secondary N) is 1. The first kappa shape index (κ1) is 12.3. The largest absolute Gasteiger partial charge is 0.271 e. The van der Waals surface area contributed by atoms with E-state index in [0.717, 1.165) is 29.3 Å². The van der Waals surface area contributed by atoms with E-state index in [1.807, 2.05) is 42.5 Å². The second kappa shape index (κ2) is 4.85. The smallest absolute Gasteiger partial charge is 0.267 e. The normalized spacial score (nSPS) is 24.9. The first-order valence-corrected chi connectivity index (χ1v) is 7.34. The Bertz CT molecular complexity index is 770. The summed E-state index contributed by atoms with van der Waals surface area (Å²) in [5, 5.41) is 6.37. The lowest BCUT2D eigenvalue weighted by atomic mass is 9.74. The van der Waals surface area contributed by atoms with Crippen LogP contribution in [0.2, 0.25) is 0 Å². The van der Waals surface area contributed by atoms with Gasteiger partial charge in [-0.05, 0) is 35.6 Å². The van der Waals surface area contributed by atoms with Gasteiger partial charge in [-0.25, -0.2) is 5.43 Å². The number of hydrazone groups is 1. The molecular formula is C18H16N2O. The minimum Gasteiger partial charge on any atom is -0.267 e. The predicted octanol–water partition coefficient (Wildman–Crippen LogP) is 3.52. The van der Waals surface area contributed by atoms with Crippen LogP contribution in [0.3, 0.4) is 0 Å². The summed E-state index contributed by atoms with van der Waals surface area (Å²) in [5.41, 5.74) is 4.53. The fraction of sp³-hybridized carbons (Fsp3) is 0.222. The Morgan fingerprint density at radius 1 is 1.14 bits per heavy atom. The number of fused-ring (bicyclic) bond motifs is 2. The summed E-state index contributed by atoms with van der Waals surface area (Å²) in [6.07, 6.45) is 6.52. The molecule has 0 aromatic heterocycles. The Labute approximate surface area is 123 Å². The molecule has 2 unspecified atom stereocenters. The van der Waals surface area contributed by atoms with Crippen LogP contribution >= 0.6 is 0 Å². The summed E-state index contributed by atoms with van der Waals surface area (Å²) in [6.45, 7) is 0. The van der Waals surface area contributed by atoms with Crippen LogP contribution in [0.5, 0.6) is 0 Å². The first-order chi connectivity index (χ1) is 10.3. The molecule has 0 aliphatic heterocycles. The highest BCUT2D eigenvalue weighted by atomic mass is 16.2. The number of amides is 1. The predicted molar refractivity (Wildman–Crippen MR) is 84.2 cm³/mol. The van der Waals surface area contributed by atoms with Crippen molar-refractivity contribution in [2.75, 3.05) is 0 Å². The summed E-state index contributed by atoms with van der Waals surface area (Å²) in [5.74, 6) is 1.05. The van der Waals surface area contributed by atoms with Crippen molar-refractivity contribution >= 4 is 22.4 Å². The van der Waals surface area contributed by atoms with Gasteiger partial charge in [0.25, 0.3) is 5.91 Å². The molecule has 1 N–H and O–H groups in total. The summed E-state index contributed by atoms with van der Waals surface area (Å²) in [4.78, 5) is 12.4. The van der Waals surface area contributed by atoms with Gasteiger partial charge in [0, 0.05) is 17.2 Å². The highest BCUT2D eigenvalue weighted by molar-refractivity contribution is 6.07. The topological polar surface area (TPSA) is 41.5 Å². The van der Waals surface area contributed by atoms with Crippen molar-refractivity contribution in [1.82, 2.24) is 5.43 Å². The molecule has 1 saturated carbocycles. The molecule has 0 saturated heterocycles. The van der Waals surface area contributed by atoms with Crippen LogP contribution in [0.4, 0.5) is 0 Å². The quantitative estimate of drug-likeness (QED) is 0.661. The molecule has 2 atom stereocenters. The molecule has 1 fully saturated rings. The van der Waals surface area contributed by atoms with Crippen LogP contribution in [0.15, 0.2) is 59.7 Å². The molecule has 0 bridgehead atoms. The fourth-order valence-corrected chi connectivity index (χ4v) is 3.27. The monoisotopic (exact) mass is 276 g/mol. The maximum absolute atomic E-state index is 12.4. The molecule has 21 heavy (non-hydrogen) atoms. The summed E-state index contributed by atoms with van der Waals surface area (Å²) in [6, 6.07) is 13.7. The minimum atomic E-state index is -0.131. The van der Waals surface area contributed by atoms with E-state index in [2.05, 4.69) is 22.7 Å². The number of rotatable bonds is 2. The van der Waals surface area contributed by atoms with Gasteiger partial charge in [0.2, 0.25) is 0 Å². The van der Waals surface area contributed by atoms with Gasteiger partial charge in [-0.15, -0.1) is 0 Å². The van der Waals surface area contributed by atoms with Crippen LogP contribution in [-0.4, -0.2) is 11.6 Å². The van der Waals surface area contributed by atoms with Crippen LogP contribution < -0.4 is 5.43 Å². The Morgan fingerprint density at radius 2 is 2.00 bits per heavy atom. The van der Waals surface area contributed by atoms with Gasteiger partial charge < -0.3 is 0 Å². The summed E-state index contributed by atoms with van der Waals surface area (Å²) in [7, 11) is 0. The summed E-state index contributed by atoms with van der Waals surface area (Å²) >= 11 is 0. The molecule has 1 amide bonds. The van der Waals surface area contributed by atoms with Crippen molar-refractivity contribution < 1.29 is 4.79 Å². The minimum absolute atomic E-state index is 0.131. The molecule has 2 aromatic rings. The number of carbonyl (C=O) groups is 1. The van der Waals surface area contributed by atoms with Gasteiger partial charge in [0.05, 0.1) is 0 Å². The number of benzene rings is 2. The van der Waals surface area contributed by atoms with Gasteiger partial charge in [-0.1, -0.05) is 48.6 Å². The van der Waals surface area contributed by atoms with Crippen molar-refractivity contribution in [3.63, 3.8) is 0 Å². The first-order valence-electron chi connectivity index (χ1n) is 7.34. The number of allylic oxidation sites excluding steroid dienone is 2. The standard InChI is InChI=1S/C18H16N2O/c21-18(20-19-17-11-13-7-4-9-15(13)17)16-10-3-6-12-5-1-2-8-14(12)16/h1-8,10,13,15H,9,11H2,(H,20,21)/b19-17-. The molecule has 4 rings (SSSR count). The zero-order chi connectivity index (χ0) is 14.2. The van der Waals surface area contributed by atoms with Gasteiger partial charge in [0.1, 0.15) is 0 Å². The van der Waals surface area contributed by atoms with Gasteiger partial charge >= 0.3 is 0 Å². The molecule has 2 aromatic carbocycles. The number of nitrogens with zero attached hydrogens (tertiary/aromatic N) is 1. The van der Waals surface area contributed by atoms with E-state index in [1.165, 1.54) is 0 Å². The Balaban J connectivity index is 1.56. The Morgan fingerprint density at radius 3 is 2.90 bits per heavy atom. The van der Waals surface area contributed by atoms with Crippen LogP contribution in [0.1, 0.15) is 23.2 Å². The second-order valence-corrected chi connectivity index (χ2v) is 5.71. The van der Waals surface area contributed by atoms with E-state index < -0.39 is 0 Å². The number of carbonyl (C=O) groups excluding carboxylic acids is 1.